The highest BCUT2D eigenvalue weighted by Gasteiger charge is 2.04. The zero-order valence-corrected chi connectivity index (χ0v) is 12.6. The lowest BCUT2D eigenvalue weighted by molar-refractivity contribution is -0.118. The van der Waals surface area contributed by atoms with Crippen molar-refractivity contribution in [3.63, 3.8) is 0 Å². The maximum Gasteiger partial charge on any atom is 0.250 e. The molecule has 22 heavy (non-hydrogen) atoms. The van der Waals surface area contributed by atoms with Crippen LogP contribution in [-0.4, -0.2) is 17.9 Å². The van der Waals surface area contributed by atoms with E-state index in [1.165, 1.54) is 12.3 Å². The van der Waals surface area contributed by atoms with E-state index in [2.05, 4.69) is 10.5 Å². The molecule has 0 saturated carbocycles. The zero-order chi connectivity index (χ0) is 15.6. The van der Waals surface area contributed by atoms with Crippen molar-refractivity contribution in [1.29, 1.82) is 0 Å². The van der Waals surface area contributed by atoms with Crippen molar-refractivity contribution in [1.82, 2.24) is 5.43 Å². The number of benzene rings is 2. The van der Waals surface area contributed by atoms with E-state index in [9.17, 15) is 9.18 Å². The summed E-state index contributed by atoms with van der Waals surface area (Å²) in [4.78, 5) is 12.0. The molecule has 0 aromatic heterocycles. The van der Waals surface area contributed by atoms with Gasteiger partial charge in [0.1, 0.15) is 5.82 Å². The van der Waals surface area contributed by atoms with E-state index in [4.69, 9.17) is 0 Å². The Kier molecular flexibility index (Phi) is 6.39. The number of rotatable bonds is 6. The lowest BCUT2D eigenvalue weighted by Crippen LogP contribution is -2.19. The minimum atomic E-state index is -0.324. The monoisotopic (exact) mass is 314 g/mol. The van der Waals surface area contributed by atoms with Gasteiger partial charge in [0.15, 0.2) is 0 Å². The summed E-state index contributed by atoms with van der Waals surface area (Å²) >= 11 is 1.14. The van der Waals surface area contributed by atoms with Crippen molar-refractivity contribution in [2.45, 2.75) is 4.90 Å². The smallest absolute Gasteiger partial charge is 0.250 e. The van der Waals surface area contributed by atoms with Crippen LogP contribution in [0.1, 0.15) is 5.56 Å². The van der Waals surface area contributed by atoms with Gasteiger partial charge in [0.05, 0.1) is 5.75 Å². The molecule has 0 atom stereocenters. The Bertz CT molecular complexity index is 671. The number of hydrogen-bond acceptors (Lipinski definition) is 3. The third kappa shape index (κ3) is 5.54. The molecule has 0 heterocycles. The fourth-order valence-electron chi connectivity index (χ4n) is 1.61. The Hall–Kier alpha value is -2.40. The van der Waals surface area contributed by atoms with Crippen LogP contribution in [-0.2, 0) is 4.79 Å². The van der Waals surface area contributed by atoms with Crippen LogP contribution in [0.5, 0.6) is 0 Å². The Labute approximate surface area is 132 Å². The number of carbonyl (C=O) groups excluding carboxylic acids is 1. The third-order valence-electron chi connectivity index (χ3n) is 2.63. The van der Waals surface area contributed by atoms with E-state index < -0.39 is 0 Å². The van der Waals surface area contributed by atoms with Crippen LogP contribution in [0, 0.1) is 5.82 Å². The molecule has 0 bridgehead atoms. The first-order valence-corrected chi connectivity index (χ1v) is 7.65. The average Bonchev–Trinajstić information content (AvgIpc) is 2.55. The summed E-state index contributed by atoms with van der Waals surface area (Å²) in [6, 6.07) is 16.1. The fraction of sp³-hybridized carbons (Fsp3) is 0.0588. The summed E-state index contributed by atoms with van der Waals surface area (Å²) in [6.45, 7) is 0. The second-order valence-electron chi connectivity index (χ2n) is 4.30. The highest BCUT2D eigenvalue weighted by molar-refractivity contribution is 8.00. The van der Waals surface area contributed by atoms with Crippen molar-refractivity contribution in [3.8, 4) is 0 Å². The molecule has 3 nitrogen and oxygen atoms in total. The number of carbonyl (C=O) groups is 1. The van der Waals surface area contributed by atoms with Gasteiger partial charge in [-0.05, 0) is 23.8 Å². The first-order valence-electron chi connectivity index (χ1n) is 6.66. The minimum Gasteiger partial charge on any atom is -0.272 e. The van der Waals surface area contributed by atoms with E-state index in [1.807, 2.05) is 36.4 Å². The van der Waals surface area contributed by atoms with Gasteiger partial charge in [-0.25, -0.2) is 9.82 Å². The fourth-order valence-corrected chi connectivity index (χ4v) is 2.34. The minimum absolute atomic E-state index is 0.112. The van der Waals surface area contributed by atoms with E-state index in [1.54, 1.807) is 24.3 Å². The molecule has 0 spiro atoms. The van der Waals surface area contributed by atoms with Crippen molar-refractivity contribution in [2.24, 2.45) is 5.10 Å². The molecule has 5 heteroatoms. The van der Waals surface area contributed by atoms with Gasteiger partial charge in [0, 0.05) is 11.1 Å². The Morgan fingerprint density at radius 3 is 2.64 bits per heavy atom. The Morgan fingerprint density at radius 2 is 1.86 bits per heavy atom. The normalized spacial score (nSPS) is 11.1. The molecule has 2 aromatic rings. The van der Waals surface area contributed by atoms with Gasteiger partial charge in [0.2, 0.25) is 5.91 Å². The largest absolute Gasteiger partial charge is 0.272 e. The number of nitrogens with one attached hydrogen (secondary N) is 1. The molecule has 0 aliphatic carbocycles. The van der Waals surface area contributed by atoms with Crippen LogP contribution in [0.25, 0.3) is 6.08 Å². The molecular weight excluding hydrogens is 299 g/mol. The van der Waals surface area contributed by atoms with Gasteiger partial charge < -0.3 is 0 Å². The maximum absolute atomic E-state index is 13.4. The second kappa shape index (κ2) is 8.79. The summed E-state index contributed by atoms with van der Waals surface area (Å²) in [7, 11) is 0. The van der Waals surface area contributed by atoms with Crippen LogP contribution >= 0.6 is 11.8 Å². The SMILES string of the molecule is O=C(CSc1ccccc1F)N/N=C/C=C/c1ccccc1. The van der Waals surface area contributed by atoms with Gasteiger partial charge in [0.25, 0.3) is 0 Å². The summed E-state index contributed by atoms with van der Waals surface area (Å²) in [5, 5.41) is 3.80. The predicted octanol–water partition coefficient (Wildman–Crippen LogP) is 3.73. The molecule has 0 fully saturated rings. The number of halogens is 1. The Balaban J connectivity index is 1.73. The van der Waals surface area contributed by atoms with E-state index >= 15 is 0 Å². The zero-order valence-electron chi connectivity index (χ0n) is 11.8. The molecule has 0 radical (unpaired) electrons. The van der Waals surface area contributed by atoms with Gasteiger partial charge in [-0.1, -0.05) is 48.5 Å². The highest BCUT2D eigenvalue weighted by atomic mass is 32.2. The molecule has 1 amide bonds. The van der Waals surface area contributed by atoms with Crippen molar-refractivity contribution >= 4 is 30.0 Å². The molecule has 2 rings (SSSR count). The molecule has 0 saturated heterocycles. The average molecular weight is 314 g/mol. The van der Waals surface area contributed by atoms with Gasteiger partial charge in [-0.2, -0.15) is 5.10 Å². The van der Waals surface area contributed by atoms with Crippen molar-refractivity contribution < 1.29 is 9.18 Å². The van der Waals surface area contributed by atoms with Gasteiger partial charge in [-0.3, -0.25) is 4.79 Å². The summed E-state index contributed by atoms with van der Waals surface area (Å²) < 4.78 is 13.4. The first kappa shape index (κ1) is 16.0. The molecule has 2 aromatic carbocycles. The topological polar surface area (TPSA) is 41.5 Å². The summed E-state index contributed by atoms with van der Waals surface area (Å²) in [5.74, 6) is -0.493. The Morgan fingerprint density at radius 1 is 1.14 bits per heavy atom. The number of hydrazone groups is 1. The summed E-state index contributed by atoms with van der Waals surface area (Å²) in [5.41, 5.74) is 3.45. The van der Waals surface area contributed by atoms with Gasteiger partial charge in [-0.15, -0.1) is 11.8 Å². The standard InChI is InChI=1S/C17H15FN2OS/c18-15-10-4-5-11-16(15)22-13-17(21)20-19-12-6-9-14-7-2-1-3-8-14/h1-12H,13H2,(H,20,21)/b9-6+,19-12+. The second-order valence-corrected chi connectivity index (χ2v) is 5.32. The third-order valence-corrected chi connectivity index (χ3v) is 3.68. The molecule has 0 unspecified atom stereocenters. The molecule has 1 N–H and O–H groups in total. The molecule has 112 valence electrons. The van der Waals surface area contributed by atoms with Crippen LogP contribution in [0.3, 0.4) is 0 Å². The lowest BCUT2D eigenvalue weighted by atomic mass is 10.2. The summed E-state index contributed by atoms with van der Waals surface area (Å²) in [6.07, 6.45) is 5.11. The number of allylic oxidation sites excluding steroid dienone is 1. The highest BCUT2D eigenvalue weighted by Crippen LogP contribution is 2.20. The predicted molar refractivity (Wildman–Crippen MR) is 89.2 cm³/mol. The number of thioether (sulfide) groups is 1. The quantitative estimate of drug-likeness (QED) is 0.501. The maximum atomic E-state index is 13.4. The van der Waals surface area contributed by atoms with Crippen molar-refractivity contribution in [2.75, 3.05) is 5.75 Å². The lowest BCUT2D eigenvalue weighted by Gasteiger charge is -2.01. The number of hydrogen-bond donors (Lipinski definition) is 1. The number of amides is 1. The van der Waals surface area contributed by atoms with Crippen LogP contribution in [0.15, 0.2) is 70.7 Å². The molecule has 0 aliphatic heterocycles. The molecular formula is C17H15FN2OS. The van der Waals surface area contributed by atoms with Crippen LogP contribution < -0.4 is 5.43 Å². The number of nitrogens with zero attached hydrogens (tertiary/aromatic N) is 1. The first-order chi connectivity index (χ1) is 10.8. The van der Waals surface area contributed by atoms with Gasteiger partial charge >= 0.3 is 0 Å². The molecule has 0 aliphatic rings. The van der Waals surface area contributed by atoms with E-state index in [-0.39, 0.29) is 17.5 Å². The van der Waals surface area contributed by atoms with Crippen LogP contribution in [0.4, 0.5) is 4.39 Å². The van der Waals surface area contributed by atoms with E-state index in [0.717, 1.165) is 17.3 Å². The van der Waals surface area contributed by atoms with Crippen LogP contribution in [0.2, 0.25) is 0 Å². The van der Waals surface area contributed by atoms with E-state index in [0.29, 0.717) is 4.90 Å². The van der Waals surface area contributed by atoms with Crippen molar-refractivity contribution in [3.05, 3.63) is 72.1 Å².